The Hall–Kier alpha value is -1.36. The van der Waals surface area contributed by atoms with Crippen molar-refractivity contribution in [2.24, 2.45) is 0 Å². The van der Waals surface area contributed by atoms with Crippen molar-refractivity contribution < 1.29 is 4.74 Å². The summed E-state index contributed by atoms with van der Waals surface area (Å²) in [4.78, 5) is 11.9. The normalized spacial score (nSPS) is 23.0. The van der Waals surface area contributed by atoms with Crippen LogP contribution in [0.15, 0.2) is 6.07 Å². The van der Waals surface area contributed by atoms with Gasteiger partial charge in [0.25, 0.3) is 0 Å². The summed E-state index contributed by atoms with van der Waals surface area (Å²) in [6, 6.07) is 2.10. The third kappa shape index (κ3) is 3.84. The van der Waals surface area contributed by atoms with Gasteiger partial charge in [-0.25, -0.2) is 9.97 Å². The molecule has 1 N–H and O–H groups in total. The largest absolute Gasteiger partial charge is 0.377 e. The fourth-order valence-electron chi connectivity index (χ4n) is 2.68. The molecule has 5 nitrogen and oxygen atoms in total. The van der Waals surface area contributed by atoms with E-state index in [2.05, 4.69) is 30.1 Å². The summed E-state index contributed by atoms with van der Waals surface area (Å²) < 4.78 is 5.74. The Morgan fingerprint density at radius 1 is 1.38 bits per heavy atom. The Balaban J connectivity index is 1.82. The molecule has 5 heteroatoms. The topological polar surface area (TPSA) is 50.3 Å². The number of hydrogen-bond acceptors (Lipinski definition) is 5. The van der Waals surface area contributed by atoms with Crippen molar-refractivity contribution in [1.29, 1.82) is 0 Å². The third-order valence-corrected chi connectivity index (χ3v) is 4.00. The van der Waals surface area contributed by atoms with E-state index in [4.69, 9.17) is 14.7 Å². The van der Waals surface area contributed by atoms with E-state index in [0.29, 0.717) is 5.92 Å². The molecule has 3 rings (SSSR count). The van der Waals surface area contributed by atoms with Crippen LogP contribution < -0.4 is 10.2 Å². The van der Waals surface area contributed by atoms with Crippen LogP contribution in [-0.2, 0) is 4.74 Å². The Bertz CT molecular complexity index is 475. The average Bonchev–Trinajstić information content (AvgIpc) is 3.32. The highest BCUT2D eigenvalue weighted by molar-refractivity contribution is 5.50. The van der Waals surface area contributed by atoms with Crippen molar-refractivity contribution in [3.63, 3.8) is 0 Å². The molecule has 2 heterocycles. The molecule has 0 bridgehead atoms. The van der Waals surface area contributed by atoms with Crippen LogP contribution in [0.4, 0.5) is 11.6 Å². The van der Waals surface area contributed by atoms with Crippen molar-refractivity contribution in [3.05, 3.63) is 11.9 Å². The first-order valence-corrected chi connectivity index (χ1v) is 8.25. The molecular formula is C16H26N4O. The maximum Gasteiger partial charge on any atom is 0.136 e. The molecule has 1 atom stereocenters. The van der Waals surface area contributed by atoms with Crippen LogP contribution in [0.25, 0.3) is 0 Å². The standard InChI is InChI=1S/C16H26N4O/c1-3-7-17-14-10-15(19-16(18-14)13-5-6-13)20-8-4-9-21-12(2)11-20/h10,12-13H,3-9,11H2,1-2H3,(H,17,18,19). The smallest absolute Gasteiger partial charge is 0.136 e. The molecular weight excluding hydrogens is 264 g/mol. The summed E-state index contributed by atoms with van der Waals surface area (Å²) >= 11 is 0. The van der Waals surface area contributed by atoms with Gasteiger partial charge in [0, 0.05) is 38.2 Å². The molecule has 0 amide bonds. The number of hydrogen-bond donors (Lipinski definition) is 1. The quantitative estimate of drug-likeness (QED) is 0.903. The van der Waals surface area contributed by atoms with Gasteiger partial charge in [0.15, 0.2) is 0 Å². The van der Waals surface area contributed by atoms with Crippen molar-refractivity contribution in [3.8, 4) is 0 Å². The zero-order valence-corrected chi connectivity index (χ0v) is 13.1. The number of nitrogens with zero attached hydrogens (tertiary/aromatic N) is 3. The van der Waals surface area contributed by atoms with Crippen LogP contribution >= 0.6 is 0 Å². The minimum absolute atomic E-state index is 0.263. The molecule has 1 aromatic heterocycles. The van der Waals surface area contributed by atoms with Gasteiger partial charge in [-0.05, 0) is 32.6 Å². The lowest BCUT2D eigenvalue weighted by Crippen LogP contribution is -2.31. The lowest BCUT2D eigenvalue weighted by atomic mass is 10.3. The van der Waals surface area contributed by atoms with Gasteiger partial charge >= 0.3 is 0 Å². The fraction of sp³-hybridized carbons (Fsp3) is 0.750. The van der Waals surface area contributed by atoms with Gasteiger partial charge in [-0.1, -0.05) is 6.92 Å². The van der Waals surface area contributed by atoms with Gasteiger partial charge in [-0.15, -0.1) is 0 Å². The molecule has 2 aliphatic rings. The third-order valence-electron chi connectivity index (χ3n) is 4.00. The first-order valence-electron chi connectivity index (χ1n) is 8.25. The molecule has 116 valence electrons. The molecule has 1 unspecified atom stereocenters. The van der Waals surface area contributed by atoms with Crippen LogP contribution in [0.1, 0.15) is 51.3 Å². The molecule has 1 saturated carbocycles. The highest BCUT2D eigenvalue weighted by Crippen LogP contribution is 2.39. The Kier molecular flexibility index (Phi) is 4.58. The van der Waals surface area contributed by atoms with Crippen LogP contribution in [-0.4, -0.2) is 42.3 Å². The summed E-state index contributed by atoms with van der Waals surface area (Å²) in [5, 5.41) is 3.41. The average molecular weight is 290 g/mol. The van der Waals surface area contributed by atoms with E-state index in [-0.39, 0.29) is 6.10 Å². The monoisotopic (exact) mass is 290 g/mol. The Morgan fingerprint density at radius 2 is 2.24 bits per heavy atom. The van der Waals surface area contributed by atoms with E-state index in [1.807, 2.05) is 0 Å². The summed E-state index contributed by atoms with van der Waals surface area (Å²) in [5.41, 5.74) is 0. The van der Waals surface area contributed by atoms with E-state index in [1.165, 1.54) is 12.8 Å². The summed E-state index contributed by atoms with van der Waals surface area (Å²) in [6.07, 6.45) is 4.89. The van der Waals surface area contributed by atoms with Gasteiger partial charge in [-0.3, -0.25) is 0 Å². The number of nitrogens with one attached hydrogen (secondary N) is 1. The highest BCUT2D eigenvalue weighted by atomic mass is 16.5. The van der Waals surface area contributed by atoms with Crippen molar-refractivity contribution >= 4 is 11.6 Å². The van der Waals surface area contributed by atoms with E-state index >= 15 is 0 Å². The van der Waals surface area contributed by atoms with Crippen LogP contribution in [0.3, 0.4) is 0 Å². The minimum atomic E-state index is 0.263. The van der Waals surface area contributed by atoms with Crippen molar-refractivity contribution in [1.82, 2.24) is 9.97 Å². The second kappa shape index (κ2) is 6.60. The summed E-state index contributed by atoms with van der Waals surface area (Å²) in [6.45, 7) is 8.04. The first kappa shape index (κ1) is 14.6. The molecule has 1 aliphatic carbocycles. The van der Waals surface area contributed by atoms with Crippen LogP contribution in [0.2, 0.25) is 0 Å². The maximum atomic E-state index is 5.74. The predicted molar refractivity (Wildman–Crippen MR) is 85.0 cm³/mol. The zero-order valence-electron chi connectivity index (χ0n) is 13.1. The maximum absolute atomic E-state index is 5.74. The molecule has 0 radical (unpaired) electrons. The second-order valence-electron chi connectivity index (χ2n) is 6.15. The molecule has 1 aliphatic heterocycles. The lowest BCUT2D eigenvalue weighted by molar-refractivity contribution is 0.0820. The number of ether oxygens (including phenoxy) is 1. The molecule has 1 aromatic rings. The summed E-state index contributed by atoms with van der Waals surface area (Å²) in [5.74, 6) is 3.63. The van der Waals surface area contributed by atoms with E-state index in [1.54, 1.807) is 0 Å². The van der Waals surface area contributed by atoms with E-state index in [0.717, 1.165) is 56.5 Å². The minimum Gasteiger partial charge on any atom is -0.377 e. The Labute approximate surface area is 127 Å². The highest BCUT2D eigenvalue weighted by Gasteiger charge is 2.28. The Morgan fingerprint density at radius 3 is 3.00 bits per heavy atom. The number of rotatable bonds is 5. The van der Waals surface area contributed by atoms with Gasteiger partial charge in [0.05, 0.1) is 6.10 Å². The predicted octanol–water partition coefficient (Wildman–Crippen LogP) is 2.79. The van der Waals surface area contributed by atoms with Gasteiger partial charge in [0.1, 0.15) is 17.5 Å². The molecule has 0 spiro atoms. The lowest BCUT2D eigenvalue weighted by Gasteiger charge is -2.24. The van der Waals surface area contributed by atoms with Gasteiger partial charge in [-0.2, -0.15) is 0 Å². The molecule has 0 aromatic carbocycles. The van der Waals surface area contributed by atoms with Crippen molar-refractivity contribution in [2.45, 2.75) is 51.6 Å². The van der Waals surface area contributed by atoms with E-state index in [9.17, 15) is 0 Å². The first-order chi connectivity index (χ1) is 10.3. The fourth-order valence-corrected chi connectivity index (χ4v) is 2.68. The number of aromatic nitrogens is 2. The zero-order chi connectivity index (χ0) is 14.7. The van der Waals surface area contributed by atoms with E-state index < -0.39 is 0 Å². The van der Waals surface area contributed by atoms with Gasteiger partial charge < -0.3 is 15.0 Å². The summed E-state index contributed by atoms with van der Waals surface area (Å²) in [7, 11) is 0. The molecule has 21 heavy (non-hydrogen) atoms. The van der Waals surface area contributed by atoms with Crippen molar-refractivity contribution in [2.75, 3.05) is 36.5 Å². The van der Waals surface area contributed by atoms with Crippen LogP contribution in [0.5, 0.6) is 0 Å². The van der Waals surface area contributed by atoms with Gasteiger partial charge in [0.2, 0.25) is 0 Å². The molecule has 1 saturated heterocycles. The molecule has 2 fully saturated rings. The SMILES string of the molecule is CCCNc1cc(N2CCCOC(C)C2)nc(C2CC2)n1. The van der Waals surface area contributed by atoms with Crippen LogP contribution in [0, 0.1) is 0 Å². The number of anilines is 2. The second-order valence-corrected chi connectivity index (χ2v) is 6.15.